The highest BCUT2D eigenvalue weighted by atomic mass is 127. The number of nitrogens with zero attached hydrogens (tertiary/aromatic N) is 2. The van der Waals surface area contributed by atoms with Crippen molar-refractivity contribution in [2.45, 2.75) is 64.0 Å². The van der Waals surface area contributed by atoms with Gasteiger partial charge in [0.05, 0.1) is 13.2 Å². The Labute approximate surface area is 164 Å². The van der Waals surface area contributed by atoms with E-state index in [9.17, 15) is 0 Å². The molecule has 0 amide bonds. The molecule has 1 aliphatic carbocycles. The van der Waals surface area contributed by atoms with Crippen LogP contribution >= 0.6 is 24.0 Å². The van der Waals surface area contributed by atoms with E-state index in [0.717, 1.165) is 31.8 Å². The third kappa shape index (κ3) is 5.46. The van der Waals surface area contributed by atoms with E-state index in [1.54, 1.807) is 0 Å². The van der Waals surface area contributed by atoms with Gasteiger partial charge in [-0.3, -0.25) is 4.99 Å². The second-order valence-electron chi connectivity index (χ2n) is 7.98. The molecule has 1 saturated carbocycles. The summed E-state index contributed by atoms with van der Waals surface area (Å²) in [6.07, 6.45) is 9.61. The van der Waals surface area contributed by atoms with Crippen LogP contribution in [0.25, 0.3) is 0 Å². The molecule has 0 spiro atoms. The van der Waals surface area contributed by atoms with Crippen LogP contribution in [-0.4, -0.2) is 62.8 Å². The number of nitrogens with one attached hydrogen (secondary N) is 2. The second-order valence-corrected chi connectivity index (χ2v) is 7.98. The van der Waals surface area contributed by atoms with Crippen molar-refractivity contribution in [3.8, 4) is 0 Å². The van der Waals surface area contributed by atoms with Gasteiger partial charge >= 0.3 is 0 Å². The molecule has 0 unspecified atom stereocenters. The summed E-state index contributed by atoms with van der Waals surface area (Å²) in [7, 11) is 1.87. The third-order valence-corrected chi connectivity index (χ3v) is 5.77. The fourth-order valence-corrected chi connectivity index (χ4v) is 4.09. The number of piperidine rings is 1. The van der Waals surface area contributed by atoms with E-state index in [1.807, 2.05) is 7.05 Å². The Morgan fingerprint density at radius 2 is 1.79 bits per heavy atom. The van der Waals surface area contributed by atoms with Crippen molar-refractivity contribution in [3.63, 3.8) is 0 Å². The lowest BCUT2D eigenvalue weighted by atomic mass is 9.89. The van der Waals surface area contributed by atoms with Crippen molar-refractivity contribution in [2.75, 3.05) is 39.9 Å². The summed E-state index contributed by atoms with van der Waals surface area (Å²) in [6, 6.07) is 1.42. The van der Waals surface area contributed by atoms with Gasteiger partial charge in [-0.15, -0.1) is 24.0 Å². The smallest absolute Gasteiger partial charge is 0.191 e. The highest BCUT2D eigenvalue weighted by molar-refractivity contribution is 14.0. The van der Waals surface area contributed by atoms with E-state index in [1.165, 1.54) is 58.0 Å². The Morgan fingerprint density at radius 3 is 2.33 bits per heavy atom. The average molecular weight is 450 g/mol. The Kier molecular flexibility index (Phi) is 8.07. The Balaban J connectivity index is 0.00000208. The van der Waals surface area contributed by atoms with Crippen molar-refractivity contribution in [2.24, 2.45) is 10.4 Å². The number of likely N-dealkylation sites (tertiary alicyclic amines) is 1. The van der Waals surface area contributed by atoms with E-state index >= 15 is 0 Å². The SMILES string of the molecule is CN=C(NCC1(C)COC1)NC1CCN(C2CCCCC2)CC1.I. The molecular weight excluding hydrogens is 415 g/mol. The molecule has 2 saturated heterocycles. The van der Waals surface area contributed by atoms with Gasteiger partial charge in [-0.25, -0.2) is 0 Å². The van der Waals surface area contributed by atoms with Gasteiger partial charge in [-0.1, -0.05) is 26.2 Å². The van der Waals surface area contributed by atoms with E-state index in [4.69, 9.17) is 4.74 Å². The molecule has 24 heavy (non-hydrogen) atoms. The molecule has 140 valence electrons. The third-order valence-electron chi connectivity index (χ3n) is 5.77. The molecule has 0 aromatic rings. The van der Waals surface area contributed by atoms with Gasteiger partial charge in [-0.2, -0.15) is 0 Å². The van der Waals surface area contributed by atoms with E-state index in [2.05, 4.69) is 27.4 Å². The van der Waals surface area contributed by atoms with Crippen LogP contribution in [0.3, 0.4) is 0 Å². The monoisotopic (exact) mass is 450 g/mol. The number of aliphatic imine (C=N–C) groups is 1. The zero-order valence-electron chi connectivity index (χ0n) is 15.4. The van der Waals surface area contributed by atoms with Crippen LogP contribution in [0.2, 0.25) is 0 Å². The molecule has 2 N–H and O–H groups in total. The molecule has 0 aromatic carbocycles. The number of rotatable bonds is 4. The number of hydrogen-bond donors (Lipinski definition) is 2. The predicted molar refractivity (Wildman–Crippen MR) is 110 cm³/mol. The number of guanidine groups is 1. The number of ether oxygens (including phenoxy) is 1. The molecule has 2 heterocycles. The van der Waals surface area contributed by atoms with Gasteiger partial charge in [0, 0.05) is 44.2 Å². The maximum atomic E-state index is 5.32. The lowest BCUT2D eigenvalue weighted by Crippen LogP contribution is -2.54. The molecule has 3 fully saturated rings. The van der Waals surface area contributed by atoms with Crippen LogP contribution in [0.5, 0.6) is 0 Å². The minimum absolute atomic E-state index is 0. The van der Waals surface area contributed by atoms with Crippen LogP contribution in [0.4, 0.5) is 0 Å². The summed E-state index contributed by atoms with van der Waals surface area (Å²) in [6.45, 7) is 7.40. The van der Waals surface area contributed by atoms with Gasteiger partial charge in [0.25, 0.3) is 0 Å². The fraction of sp³-hybridized carbons (Fsp3) is 0.944. The number of halogens is 1. The highest BCUT2D eigenvalue weighted by Gasteiger charge is 2.33. The summed E-state index contributed by atoms with van der Waals surface area (Å²) in [5.74, 6) is 0.953. The van der Waals surface area contributed by atoms with Gasteiger partial charge in [-0.05, 0) is 25.7 Å². The zero-order chi connectivity index (χ0) is 16.1. The van der Waals surface area contributed by atoms with Gasteiger partial charge < -0.3 is 20.3 Å². The number of hydrogen-bond acceptors (Lipinski definition) is 3. The van der Waals surface area contributed by atoms with Crippen LogP contribution < -0.4 is 10.6 Å². The quantitative estimate of drug-likeness (QED) is 0.393. The van der Waals surface area contributed by atoms with Gasteiger partial charge in [0.15, 0.2) is 5.96 Å². The first-order valence-corrected chi connectivity index (χ1v) is 9.47. The lowest BCUT2D eigenvalue weighted by molar-refractivity contribution is -0.0971. The molecule has 6 heteroatoms. The molecule has 5 nitrogen and oxygen atoms in total. The molecule has 0 bridgehead atoms. The summed E-state index contributed by atoms with van der Waals surface area (Å²) in [5.41, 5.74) is 0.280. The van der Waals surface area contributed by atoms with Crippen LogP contribution in [0.1, 0.15) is 51.9 Å². The summed E-state index contributed by atoms with van der Waals surface area (Å²) < 4.78 is 5.32. The van der Waals surface area contributed by atoms with E-state index in [0.29, 0.717) is 6.04 Å². The Bertz CT molecular complexity index is 400. The van der Waals surface area contributed by atoms with Gasteiger partial charge in [0.1, 0.15) is 0 Å². The van der Waals surface area contributed by atoms with Crippen molar-refractivity contribution in [1.82, 2.24) is 15.5 Å². The zero-order valence-corrected chi connectivity index (χ0v) is 17.7. The standard InChI is InChI=1S/C18H34N4O.HI/c1-18(13-23-14-18)12-20-17(19-2)21-15-8-10-22(11-9-15)16-6-4-3-5-7-16;/h15-16H,3-14H2,1-2H3,(H2,19,20,21);1H. The minimum atomic E-state index is 0. The summed E-state index contributed by atoms with van der Waals surface area (Å²) in [5, 5.41) is 7.10. The van der Waals surface area contributed by atoms with Crippen LogP contribution in [-0.2, 0) is 4.74 Å². The van der Waals surface area contributed by atoms with E-state index < -0.39 is 0 Å². The fourth-order valence-electron chi connectivity index (χ4n) is 4.09. The maximum absolute atomic E-state index is 5.32. The van der Waals surface area contributed by atoms with Crippen LogP contribution in [0, 0.1) is 5.41 Å². The Hall–Kier alpha value is -0.0800. The molecule has 0 radical (unpaired) electrons. The maximum Gasteiger partial charge on any atom is 0.191 e. The predicted octanol–water partition coefficient (Wildman–Crippen LogP) is 2.60. The summed E-state index contributed by atoms with van der Waals surface area (Å²) in [4.78, 5) is 7.13. The van der Waals surface area contributed by atoms with Crippen molar-refractivity contribution >= 4 is 29.9 Å². The molecule has 3 aliphatic rings. The lowest BCUT2D eigenvalue weighted by Gasteiger charge is -2.40. The average Bonchev–Trinajstić information content (AvgIpc) is 2.58. The molecule has 0 aromatic heterocycles. The van der Waals surface area contributed by atoms with Crippen LogP contribution in [0.15, 0.2) is 4.99 Å². The summed E-state index contributed by atoms with van der Waals surface area (Å²) >= 11 is 0. The van der Waals surface area contributed by atoms with Crippen molar-refractivity contribution in [3.05, 3.63) is 0 Å². The normalized spacial score (nSPS) is 26.3. The minimum Gasteiger partial charge on any atom is -0.380 e. The molecule has 3 rings (SSSR count). The van der Waals surface area contributed by atoms with Crippen molar-refractivity contribution in [1.29, 1.82) is 0 Å². The van der Waals surface area contributed by atoms with Gasteiger partial charge in [0.2, 0.25) is 0 Å². The first-order valence-electron chi connectivity index (χ1n) is 9.47. The van der Waals surface area contributed by atoms with Crippen molar-refractivity contribution < 1.29 is 4.74 Å². The first kappa shape index (κ1) is 20.2. The molecule has 2 aliphatic heterocycles. The topological polar surface area (TPSA) is 48.9 Å². The first-order chi connectivity index (χ1) is 11.2. The largest absolute Gasteiger partial charge is 0.380 e. The van der Waals surface area contributed by atoms with E-state index in [-0.39, 0.29) is 29.4 Å². The second kappa shape index (κ2) is 9.57. The highest BCUT2D eigenvalue weighted by Crippen LogP contribution is 2.26. The Morgan fingerprint density at radius 1 is 1.12 bits per heavy atom. The molecular formula is C18H35IN4O. The molecule has 0 atom stereocenters.